The van der Waals surface area contributed by atoms with E-state index in [-0.39, 0.29) is 30.2 Å². The summed E-state index contributed by atoms with van der Waals surface area (Å²) in [6.07, 6.45) is 54.1. The summed E-state index contributed by atoms with van der Waals surface area (Å²) in [4.78, 5) is 117. The first-order chi connectivity index (χ1) is 49.1. The van der Waals surface area contributed by atoms with E-state index in [1.807, 2.05) is 0 Å². The molecule has 0 atom stereocenters. The lowest BCUT2D eigenvalue weighted by Gasteiger charge is -2.39. The SMILES string of the molecule is CCCCCCCNC(=O)N(CCCCCCC)C(=O)NCCCCCCC.CCCCCCCNC(=O)N(CCCCCCC)C(=O)OCCCCCCC.CCCCCCN1C(=O)N(CCCCCC)C1=O.CCCCCCn1c(=O)n(CCCCCC)c(=O)n(CCCCCC)c1=O. The maximum Gasteiger partial charge on any atom is 0.417 e. The molecule has 0 aliphatic carbocycles. The molecule has 0 aromatic carbocycles. The summed E-state index contributed by atoms with van der Waals surface area (Å²) in [7, 11) is 0. The van der Waals surface area contributed by atoms with Crippen LogP contribution in [0.1, 0.15) is 397 Å². The predicted octanol–water partition coefficient (Wildman–Crippen LogP) is 21.6. The third-order valence-electron chi connectivity index (χ3n) is 18.6. The summed E-state index contributed by atoms with van der Waals surface area (Å²) in [5, 5.41) is 8.77. The molecule has 0 spiro atoms. The zero-order valence-electron chi connectivity index (χ0n) is 67.3. The van der Waals surface area contributed by atoms with Gasteiger partial charge in [0.25, 0.3) is 0 Å². The van der Waals surface area contributed by atoms with Crippen molar-refractivity contribution in [3.63, 3.8) is 0 Å². The van der Waals surface area contributed by atoms with Gasteiger partial charge < -0.3 is 20.7 Å². The minimum absolute atomic E-state index is 0.0898. The number of amides is 11. The van der Waals surface area contributed by atoms with Gasteiger partial charge in [-0.25, -0.2) is 76.5 Å². The molecule has 2 rings (SSSR count). The van der Waals surface area contributed by atoms with Gasteiger partial charge in [-0.1, -0.05) is 327 Å². The molecule has 20 heteroatoms. The second-order valence-electron chi connectivity index (χ2n) is 28.1. The Balaban J connectivity index is 0. The van der Waals surface area contributed by atoms with Crippen molar-refractivity contribution in [1.82, 2.24) is 49.3 Å². The van der Waals surface area contributed by atoms with E-state index in [1.165, 1.54) is 168 Å². The molecule has 1 fully saturated rings. The maximum atomic E-state index is 12.8. The van der Waals surface area contributed by atoms with Gasteiger partial charge in [-0.3, -0.25) is 0 Å². The Kier molecular flexibility index (Phi) is 69.6. The Bertz CT molecular complexity index is 2050. The first kappa shape index (κ1) is 97.9. The molecule has 1 saturated heterocycles. The number of nitrogens with one attached hydrogen (secondary N) is 3. The van der Waals surface area contributed by atoms with Gasteiger partial charge in [0.05, 0.1) is 6.61 Å². The third-order valence-corrected chi connectivity index (χ3v) is 18.6. The van der Waals surface area contributed by atoms with Gasteiger partial charge in [-0.2, -0.15) is 0 Å². The van der Waals surface area contributed by atoms with Crippen LogP contribution in [0.15, 0.2) is 14.4 Å². The Labute approximate surface area is 616 Å². The van der Waals surface area contributed by atoms with Crippen LogP contribution in [-0.4, -0.2) is 122 Å². The van der Waals surface area contributed by atoms with Gasteiger partial charge in [0.2, 0.25) is 0 Å². The largest absolute Gasteiger partial charge is 0.449 e. The standard InChI is InChI=1S/C23H47N3O2.C23H46N2O3.C21H39N3O3.C14H26N2O2/c1-4-7-10-13-16-19-24-22(27)26(21-18-15-12-9-6-3)23(28)25-20-17-14-11-8-5-2;1-4-7-10-13-16-19-24-22(26)25(20-17-14-11-8-5-2)23(27)28-21-18-15-12-9-6-3;1-4-7-10-13-16-22-19(25)23(17-14-11-8-5-2)21(27)24(20(22)26)18-15-12-9-6-3;1-3-5-7-9-11-15-13(17)16(14(15)18)12-10-8-6-4-2/h4-21H2,1-3H3,(H,24,27)(H,25,28);4-21H2,1-3H3,(H,24,26);4-18H2,1-3H3;3-12H2,1-2H3. The molecule has 11 amide bonds. The van der Waals surface area contributed by atoms with Crippen molar-refractivity contribution in [1.29, 1.82) is 0 Å². The molecule has 20 nitrogen and oxygen atoms in total. The third kappa shape index (κ3) is 50.8. The highest BCUT2D eigenvalue weighted by molar-refractivity contribution is 6.11. The van der Waals surface area contributed by atoms with Crippen molar-refractivity contribution in [2.24, 2.45) is 0 Å². The van der Waals surface area contributed by atoms with Gasteiger partial charge in [-0.05, 0) is 70.6 Å². The number of rotatable bonds is 61. The first-order valence-corrected chi connectivity index (χ1v) is 42.3. The zero-order chi connectivity index (χ0) is 75.2. The molecular formula is C81H158N10O10. The van der Waals surface area contributed by atoms with Crippen molar-refractivity contribution < 1.29 is 33.5 Å². The lowest BCUT2D eigenvalue weighted by molar-refractivity contribution is 0.103. The number of ether oxygens (including phenoxy) is 1. The molecule has 101 heavy (non-hydrogen) atoms. The summed E-state index contributed by atoms with van der Waals surface area (Å²) < 4.78 is 9.23. The lowest BCUT2D eigenvalue weighted by Crippen LogP contribution is -2.64. The molecule has 1 aliphatic heterocycles. The average Bonchev–Trinajstić information content (AvgIpc) is 0.796. The van der Waals surface area contributed by atoms with Crippen LogP contribution >= 0.6 is 0 Å². The second-order valence-corrected chi connectivity index (χ2v) is 28.1. The molecule has 2 heterocycles. The predicted molar refractivity (Wildman–Crippen MR) is 422 cm³/mol. The van der Waals surface area contributed by atoms with E-state index >= 15 is 0 Å². The van der Waals surface area contributed by atoms with E-state index < -0.39 is 23.2 Å². The summed E-state index contributed by atoms with van der Waals surface area (Å²) >= 11 is 0. The number of hydrogen-bond donors (Lipinski definition) is 3. The molecule has 1 aromatic rings. The Hall–Kier alpha value is -5.17. The monoisotopic (exact) mass is 1430 g/mol. The Morgan fingerprint density at radius 3 is 0.762 bits per heavy atom. The number of nitrogens with zero attached hydrogens (tertiary/aromatic N) is 7. The normalized spacial score (nSPS) is 11.6. The quantitative estimate of drug-likeness (QED) is 0.0523. The molecule has 3 N–H and O–H groups in total. The van der Waals surface area contributed by atoms with Crippen LogP contribution in [0.3, 0.4) is 0 Å². The lowest BCUT2D eigenvalue weighted by atomic mass is 10.1. The fourth-order valence-electron chi connectivity index (χ4n) is 11.9. The second kappa shape index (κ2) is 71.8. The van der Waals surface area contributed by atoms with Crippen molar-refractivity contribution >= 4 is 36.2 Å². The molecule has 0 unspecified atom stereocenters. The van der Waals surface area contributed by atoms with Crippen LogP contribution in [0.2, 0.25) is 0 Å². The molecule has 0 radical (unpaired) electrons. The summed E-state index contributed by atoms with van der Waals surface area (Å²) in [6.45, 7) is 29.5. The first-order valence-electron chi connectivity index (χ1n) is 42.3. The minimum atomic E-state index is -0.491. The fourth-order valence-corrected chi connectivity index (χ4v) is 11.9. The summed E-state index contributed by atoms with van der Waals surface area (Å²) in [5.74, 6) is 0. The number of carbonyl (C=O) groups is 6. The van der Waals surface area contributed by atoms with Gasteiger partial charge >= 0.3 is 53.3 Å². The highest BCUT2D eigenvalue weighted by Gasteiger charge is 2.42. The number of aromatic nitrogens is 3. The van der Waals surface area contributed by atoms with E-state index in [9.17, 15) is 43.2 Å². The number of urea groups is 5. The molecule has 1 aliphatic rings. The van der Waals surface area contributed by atoms with E-state index in [0.29, 0.717) is 72.1 Å². The smallest absolute Gasteiger partial charge is 0.417 e. The molecule has 1 aromatic heterocycles. The number of carbonyl (C=O) groups excluding carboxylic acids is 6. The number of hydrogen-bond acceptors (Lipinski definition) is 10. The van der Waals surface area contributed by atoms with Crippen LogP contribution in [0.5, 0.6) is 0 Å². The number of imide groups is 4. The van der Waals surface area contributed by atoms with Crippen LogP contribution < -0.4 is 33.0 Å². The van der Waals surface area contributed by atoms with Crippen LogP contribution in [-0.2, 0) is 24.4 Å². The molecule has 0 saturated carbocycles. The van der Waals surface area contributed by atoms with E-state index in [2.05, 4.69) is 92.1 Å². The van der Waals surface area contributed by atoms with Crippen LogP contribution in [0.4, 0.5) is 28.8 Å². The molecule has 592 valence electrons. The van der Waals surface area contributed by atoms with Gasteiger partial charge in [-0.15, -0.1) is 0 Å². The van der Waals surface area contributed by atoms with E-state index in [1.54, 1.807) is 0 Å². The van der Waals surface area contributed by atoms with Crippen molar-refractivity contribution in [3.05, 3.63) is 31.5 Å². The van der Waals surface area contributed by atoms with Gasteiger partial charge in [0.15, 0.2) is 0 Å². The summed E-state index contributed by atoms with van der Waals surface area (Å²) in [6, 6.07) is -0.966. The van der Waals surface area contributed by atoms with Gasteiger partial charge in [0, 0.05) is 65.4 Å². The van der Waals surface area contributed by atoms with Crippen LogP contribution in [0, 0.1) is 0 Å². The highest BCUT2D eigenvalue weighted by atomic mass is 16.6. The number of unbranched alkanes of at least 4 members (excludes halogenated alkanes) is 39. The van der Waals surface area contributed by atoms with E-state index in [4.69, 9.17) is 4.74 Å². The average molecular weight is 1430 g/mol. The highest BCUT2D eigenvalue weighted by Crippen LogP contribution is 2.19. The zero-order valence-corrected chi connectivity index (χ0v) is 67.3. The topological polar surface area (TPSA) is 227 Å². The molecular weight excluding hydrogens is 1270 g/mol. The Morgan fingerprint density at radius 2 is 0.485 bits per heavy atom. The molecule has 0 bridgehead atoms. The van der Waals surface area contributed by atoms with Gasteiger partial charge in [0.1, 0.15) is 0 Å². The Morgan fingerprint density at radius 1 is 0.267 bits per heavy atom. The van der Waals surface area contributed by atoms with Crippen molar-refractivity contribution in [2.75, 3.05) is 52.4 Å². The van der Waals surface area contributed by atoms with Crippen molar-refractivity contribution in [3.8, 4) is 0 Å². The van der Waals surface area contributed by atoms with E-state index in [0.717, 1.165) is 186 Å². The minimum Gasteiger partial charge on any atom is -0.449 e. The fraction of sp³-hybridized carbons (Fsp3) is 0.889. The maximum absolute atomic E-state index is 12.8. The summed E-state index contributed by atoms with van der Waals surface area (Å²) in [5.41, 5.74) is -1.28. The van der Waals surface area contributed by atoms with Crippen LogP contribution in [0.25, 0.3) is 0 Å². The van der Waals surface area contributed by atoms with Crippen molar-refractivity contribution in [2.45, 2.75) is 417 Å².